The molecule has 0 fully saturated rings. The van der Waals surface area contributed by atoms with Crippen molar-refractivity contribution in [2.75, 3.05) is 13.2 Å². The van der Waals surface area contributed by atoms with Gasteiger partial charge in [-0.15, -0.1) is 0 Å². The first kappa shape index (κ1) is 14.0. The highest BCUT2D eigenvalue weighted by Gasteiger charge is 2.26. The molecule has 0 radical (unpaired) electrons. The Morgan fingerprint density at radius 3 is 2.79 bits per heavy atom. The van der Waals surface area contributed by atoms with Crippen molar-refractivity contribution in [1.82, 2.24) is 5.32 Å². The van der Waals surface area contributed by atoms with Gasteiger partial charge in [-0.3, -0.25) is 4.79 Å². The van der Waals surface area contributed by atoms with E-state index in [4.69, 9.17) is 5.11 Å². The van der Waals surface area contributed by atoms with Crippen LogP contribution in [0.4, 0.5) is 0 Å². The molecule has 0 saturated carbocycles. The maximum absolute atomic E-state index is 12.1. The molecule has 1 aliphatic carbocycles. The molecule has 0 heterocycles. The Kier molecular flexibility index (Phi) is 4.22. The van der Waals surface area contributed by atoms with E-state index in [0.717, 1.165) is 19.3 Å². The first-order valence-electron chi connectivity index (χ1n) is 6.69. The van der Waals surface area contributed by atoms with E-state index in [9.17, 15) is 9.90 Å². The molecule has 2 rings (SSSR count). The minimum absolute atomic E-state index is 0.0376. The van der Waals surface area contributed by atoms with Gasteiger partial charge in [-0.1, -0.05) is 24.3 Å². The maximum atomic E-state index is 12.1. The van der Waals surface area contributed by atoms with Gasteiger partial charge in [-0.05, 0) is 37.3 Å². The number of nitrogens with one attached hydrogen (secondary N) is 1. The summed E-state index contributed by atoms with van der Waals surface area (Å²) in [6.07, 6.45) is 2.51. The minimum atomic E-state index is -1.25. The Hall–Kier alpha value is -1.39. The molecule has 0 bridgehead atoms. The van der Waals surface area contributed by atoms with Crippen molar-refractivity contribution in [3.63, 3.8) is 0 Å². The number of aliphatic hydroxyl groups is 2. The van der Waals surface area contributed by atoms with Crippen LogP contribution in [-0.2, 0) is 17.6 Å². The molecular formula is C15H21NO3. The Labute approximate surface area is 113 Å². The van der Waals surface area contributed by atoms with Gasteiger partial charge in [0.05, 0.1) is 6.61 Å². The average Bonchev–Trinajstić information content (AvgIpc) is 2.44. The number of benzene rings is 1. The number of aryl methyl sites for hydroxylation is 1. The van der Waals surface area contributed by atoms with Crippen LogP contribution in [0, 0.1) is 5.92 Å². The van der Waals surface area contributed by atoms with E-state index >= 15 is 0 Å². The molecule has 0 aliphatic heterocycles. The second kappa shape index (κ2) is 5.72. The summed E-state index contributed by atoms with van der Waals surface area (Å²) in [7, 11) is 0. The standard InChI is InChI=1S/C15H21NO3/c1-15(19,10-17)9-16-14(18)13-7-6-11-4-2-3-5-12(11)8-13/h2-5,13,17,19H,6-10H2,1H3,(H,16,18). The van der Waals surface area contributed by atoms with E-state index in [-0.39, 0.29) is 25.0 Å². The van der Waals surface area contributed by atoms with Crippen LogP contribution in [-0.4, -0.2) is 34.9 Å². The first-order valence-corrected chi connectivity index (χ1v) is 6.69. The minimum Gasteiger partial charge on any atom is -0.393 e. The molecule has 1 aromatic rings. The number of hydrogen-bond acceptors (Lipinski definition) is 3. The van der Waals surface area contributed by atoms with Crippen molar-refractivity contribution in [2.24, 2.45) is 5.92 Å². The number of rotatable bonds is 4. The normalized spacial score (nSPS) is 21.3. The number of hydrogen-bond donors (Lipinski definition) is 3. The molecule has 4 heteroatoms. The van der Waals surface area contributed by atoms with E-state index in [2.05, 4.69) is 17.4 Å². The van der Waals surface area contributed by atoms with E-state index in [0.29, 0.717) is 0 Å². The van der Waals surface area contributed by atoms with Crippen molar-refractivity contribution in [3.05, 3.63) is 35.4 Å². The highest BCUT2D eigenvalue weighted by atomic mass is 16.3. The molecule has 1 amide bonds. The summed E-state index contributed by atoms with van der Waals surface area (Å²) in [6, 6.07) is 8.20. The maximum Gasteiger partial charge on any atom is 0.223 e. The number of fused-ring (bicyclic) bond motifs is 1. The van der Waals surface area contributed by atoms with Gasteiger partial charge in [0.15, 0.2) is 0 Å². The summed E-state index contributed by atoms with van der Waals surface area (Å²) < 4.78 is 0. The Morgan fingerprint density at radius 1 is 1.42 bits per heavy atom. The molecular weight excluding hydrogens is 242 g/mol. The van der Waals surface area contributed by atoms with Gasteiger partial charge in [0, 0.05) is 12.5 Å². The van der Waals surface area contributed by atoms with Crippen LogP contribution >= 0.6 is 0 Å². The van der Waals surface area contributed by atoms with Crippen molar-refractivity contribution in [3.8, 4) is 0 Å². The van der Waals surface area contributed by atoms with Gasteiger partial charge in [-0.25, -0.2) is 0 Å². The van der Waals surface area contributed by atoms with Crippen LogP contribution in [0.25, 0.3) is 0 Å². The lowest BCUT2D eigenvalue weighted by Gasteiger charge is -2.26. The third-order valence-electron chi connectivity index (χ3n) is 3.70. The molecule has 0 spiro atoms. The molecule has 0 saturated heterocycles. The molecule has 1 aromatic carbocycles. The average molecular weight is 263 g/mol. The monoisotopic (exact) mass is 263 g/mol. The molecule has 1 aliphatic rings. The van der Waals surface area contributed by atoms with Gasteiger partial charge in [0.1, 0.15) is 5.60 Å². The number of carbonyl (C=O) groups is 1. The zero-order chi connectivity index (χ0) is 13.9. The van der Waals surface area contributed by atoms with Crippen molar-refractivity contribution in [1.29, 1.82) is 0 Å². The summed E-state index contributed by atoms with van der Waals surface area (Å²) in [5.74, 6) is -0.0763. The Morgan fingerprint density at radius 2 is 2.11 bits per heavy atom. The third kappa shape index (κ3) is 3.55. The van der Waals surface area contributed by atoms with Crippen molar-refractivity contribution in [2.45, 2.75) is 31.8 Å². The van der Waals surface area contributed by atoms with Gasteiger partial charge in [0.2, 0.25) is 5.91 Å². The smallest absolute Gasteiger partial charge is 0.223 e. The van der Waals surface area contributed by atoms with Gasteiger partial charge in [-0.2, -0.15) is 0 Å². The Balaban J connectivity index is 1.92. The number of amides is 1. The molecule has 3 N–H and O–H groups in total. The topological polar surface area (TPSA) is 69.6 Å². The Bertz CT molecular complexity index is 456. The fraction of sp³-hybridized carbons (Fsp3) is 0.533. The predicted octanol–water partition coefficient (Wildman–Crippen LogP) is 0.651. The van der Waals surface area contributed by atoms with E-state index in [1.54, 1.807) is 0 Å². The zero-order valence-electron chi connectivity index (χ0n) is 11.2. The van der Waals surface area contributed by atoms with Gasteiger partial charge < -0.3 is 15.5 Å². The lowest BCUT2D eigenvalue weighted by atomic mass is 9.83. The quantitative estimate of drug-likeness (QED) is 0.747. The SMILES string of the molecule is CC(O)(CO)CNC(=O)C1CCc2ccccc2C1. The highest BCUT2D eigenvalue weighted by Crippen LogP contribution is 2.25. The lowest BCUT2D eigenvalue weighted by Crippen LogP contribution is -2.45. The molecule has 2 unspecified atom stereocenters. The van der Waals surface area contributed by atoms with E-state index in [1.807, 2.05) is 12.1 Å². The fourth-order valence-corrected chi connectivity index (χ4v) is 2.40. The molecule has 19 heavy (non-hydrogen) atoms. The van der Waals surface area contributed by atoms with Crippen LogP contribution in [0.2, 0.25) is 0 Å². The lowest BCUT2D eigenvalue weighted by molar-refractivity contribution is -0.126. The van der Waals surface area contributed by atoms with E-state index < -0.39 is 5.60 Å². The summed E-state index contributed by atoms with van der Waals surface area (Å²) in [6.45, 7) is 1.23. The second-order valence-corrected chi connectivity index (χ2v) is 5.58. The largest absolute Gasteiger partial charge is 0.393 e. The second-order valence-electron chi connectivity index (χ2n) is 5.58. The summed E-state index contributed by atoms with van der Waals surface area (Å²) in [4.78, 5) is 12.1. The predicted molar refractivity (Wildman–Crippen MR) is 72.7 cm³/mol. The highest BCUT2D eigenvalue weighted by molar-refractivity contribution is 5.79. The molecule has 0 aromatic heterocycles. The summed E-state index contributed by atoms with van der Waals surface area (Å²) in [5.41, 5.74) is 1.32. The van der Waals surface area contributed by atoms with Crippen LogP contribution in [0.15, 0.2) is 24.3 Å². The van der Waals surface area contributed by atoms with E-state index in [1.165, 1.54) is 18.1 Å². The van der Waals surface area contributed by atoms with Gasteiger partial charge in [0.25, 0.3) is 0 Å². The summed E-state index contributed by atoms with van der Waals surface area (Å²) in [5, 5.41) is 21.3. The first-order chi connectivity index (χ1) is 9.02. The van der Waals surface area contributed by atoms with Crippen LogP contribution in [0.5, 0.6) is 0 Å². The van der Waals surface area contributed by atoms with Crippen LogP contribution in [0.1, 0.15) is 24.5 Å². The number of carbonyl (C=O) groups excluding carboxylic acids is 1. The van der Waals surface area contributed by atoms with Crippen molar-refractivity contribution < 1.29 is 15.0 Å². The van der Waals surface area contributed by atoms with Crippen LogP contribution < -0.4 is 5.32 Å². The molecule has 4 nitrogen and oxygen atoms in total. The fourth-order valence-electron chi connectivity index (χ4n) is 2.40. The molecule has 2 atom stereocenters. The van der Waals surface area contributed by atoms with Crippen LogP contribution in [0.3, 0.4) is 0 Å². The van der Waals surface area contributed by atoms with Gasteiger partial charge >= 0.3 is 0 Å². The summed E-state index contributed by atoms with van der Waals surface area (Å²) >= 11 is 0. The molecule has 104 valence electrons. The number of aliphatic hydroxyl groups excluding tert-OH is 1. The zero-order valence-corrected chi connectivity index (χ0v) is 11.2. The third-order valence-corrected chi connectivity index (χ3v) is 3.70. The van der Waals surface area contributed by atoms with Crippen molar-refractivity contribution >= 4 is 5.91 Å².